The van der Waals surface area contributed by atoms with Gasteiger partial charge in [0.05, 0.1) is 19.0 Å². The SMILES string of the molecule is CCN(CC(N)=O)C(=O)C(N)CC(N)=O. The van der Waals surface area contributed by atoms with Gasteiger partial charge >= 0.3 is 0 Å². The Kier molecular flexibility index (Phi) is 5.32. The first kappa shape index (κ1) is 13.4. The van der Waals surface area contributed by atoms with E-state index >= 15 is 0 Å². The predicted molar refractivity (Wildman–Crippen MR) is 53.2 cm³/mol. The fourth-order valence-corrected chi connectivity index (χ4v) is 1.07. The summed E-state index contributed by atoms with van der Waals surface area (Å²) in [7, 11) is 0. The number of hydrogen-bond donors (Lipinski definition) is 3. The van der Waals surface area contributed by atoms with Crippen LogP contribution in [0.5, 0.6) is 0 Å². The van der Waals surface area contributed by atoms with E-state index < -0.39 is 23.8 Å². The van der Waals surface area contributed by atoms with Crippen molar-refractivity contribution in [3.8, 4) is 0 Å². The Labute approximate surface area is 87.6 Å². The fourth-order valence-electron chi connectivity index (χ4n) is 1.07. The number of carbonyl (C=O) groups excluding carboxylic acids is 3. The van der Waals surface area contributed by atoms with Crippen molar-refractivity contribution < 1.29 is 14.4 Å². The van der Waals surface area contributed by atoms with Crippen molar-refractivity contribution in [1.29, 1.82) is 0 Å². The van der Waals surface area contributed by atoms with Crippen molar-refractivity contribution in [2.24, 2.45) is 17.2 Å². The highest BCUT2D eigenvalue weighted by molar-refractivity contribution is 5.90. The van der Waals surface area contributed by atoms with Gasteiger partial charge in [0.25, 0.3) is 0 Å². The number of nitrogens with two attached hydrogens (primary N) is 3. The lowest BCUT2D eigenvalue weighted by Gasteiger charge is -2.22. The number of hydrogen-bond acceptors (Lipinski definition) is 4. The second-order valence-corrected chi connectivity index (χ2v) is 3.10. The molecule has 1 atom stereocenters. The van der Waals surface area contributed by atoms with Crippen LogP contribution in [0.25, 0.3) is 0 Å². The van der Waals surface area contributed by atoms with Crippen molar-refractivity contribution in [2.75, 3.05) is 13.1 Å². The maximum absolute atomic E-state index is 11.5. The molecule has 1 unspecified atom stereocenters. The molecule has 0 aromatic heterocycles. The van der Waals surface area contributed by atoms with E-state index in [-0.39, 0.29) is 13.0 Å². The monoisotopic (exact) mass is 216 g/mol. The highest BCUT2D eigenvalue weighted by Gasteiger charge is 2.22. The number of carbonyl (C=O) groups is 3. The zero-order valence-corrected chi connectivity index (χ0v) is 8.60. The molecule has 0 aliphatic rings. The first-order chi connectivity index (χ1) is 6.88. The Hall–Kier alpha value is -1.63. The molecule has 6 N–H and O–H groups in total. The molecule has 0 heterocycles. The number of rotatable bonds is 6. The summed E-state index contributed by atoms with van der Waals surface area (Å²) in [5, 5.41) is 0. The van der Waals surface area contributed by atoms with Gasteiger partial charge in [0, 0.05) is 6.54 Å². The summed E-state index contributed by atoms with van der Waals surface area (Å²) in [6, 6.07) is -1.01. The Balaban J connectivity index is 4.36. The highest BCUT2D eigenvalue weighted by Crippen LogP contribution is 1.96. The number of primary amides is 2. The van der Waals surface area contributed by atoms with E-state index in [1.807, 2.05) is 0 Å². The number of likely N-dealkylation sites (N-methyl/N-ethyl adjacent to an activating group) is 1. The smallest absolute Gasteiger partial charge is 0.240 e. The molecular weight excluding hydrogens is 200 g/mol. The topological polar surface area (TPSA) is 133 Å². The molecular formula is C8H16N4O3. The van der Waals surface area contributed by atoms with E-state index in [9.17, 15) is 14.4 Å². The maximum atomic E-state index is 11.5. The largest absolute Gasteiger partial charge is 0.370 e. The first-order valence-electron chi connectivity index (χ1n) is 4.49. The molecule has 0 radical (unpaired) electrons. The van der Waals surface area contributed by atoms with Crippen LogP contribution >= 0.6 is 0 Å². The standard InChI is InChI=1S/C8H16N4O3/c1-2-12(4-7(11)14)8(15)5(9)3-6(10)13/h5H,2-4,9H2,1H3,(H2,10,13)(H2,11,14). The molecule has 86 valence electrons. The summed E-state index contributed by atoms with van der Waals surface area (Å²) < 4.78 is 0. The fraction of sp³-hybridized carbons (Fsp3) is 0.625. The number of nitrogens with zero attached hydrogens (tertiary/aromatic N) is 1. The van der Waals surface area contributed by atoms with Crippen LogP contribution in [0.3, 0.4) is 0 Å². The minimum atomic E-state index is -1.01. The van der Waals surface area contributed by atoms with Crippen molar-refractivity contribution in [3.63, 3.8) is 0 Å². The molecule has 0 aromatic carbocycles. The molecule has 7 heteroatoms. The van der Waals surface area contributed by atoms with E-state index in [1.165, 1.54) is 4.90 Å². The lowest BCUT2D eigenvalue weighted by atomic mass is 10.2. The minimum absolute atomic E-state index is 0.207. The Bertz CT molecular complexity index is 267. The van der Waals surface area contributed by atoms with Crippen LogP contribution in [0.4, 0.5) is 0 Å². The molecule has 0 rings (SSSR count). The van der Waals surface area contributed by atoms with Crippen LogP contribution in [0, 0.1) is 0 Å². The molecule has 0 aromatic rings. The molecule has 0 aliphatic carbocycles. The van der Waals surface area contributed by atoms with Gasteiger partial charge in [-0.25, -0.2) is 0 Å². The van der Waals surface area contributed by atoms with Crippen LogP contribution < -0.4 is 17.2 Å². The third-order valence-electron chi connectivity index (χ3n) is 1.78. The van der Waals surface area contributed by atoms with Gasteiger partial charge in [0.1, 0.15) is 0 Å². The van der Waals surface area contributed by atoms with Crippen LogP contribution in [-0.2, 0) is 14.4 Å². The molecule has 7 nitrogen and oxygen atoms in total. The molecule has 0 aliphatic heterocycles. The molecule has 3 amide bonds. The van der Waals surface area contributed by atoms with Crippen molar-refractivity contribution in [3.05, 3.63) is 0 Å². The average molecular weight is 216 g/mol. The lowest BCUT2D eigenvalue weighted by Crippen LogP contribution is -2.48. The van der Waals surface area contributed by atoms with Gasteiger partial charge in [-0.3, -0.25) is 14.4 Å². The van der Waals surface area contributed by atoms with Gasteiger partial charge in [0.15, 0.2) is 0 Å². The third-order valence-corrected chi connectivity index (χ3v) is 1.78. The van der Waals surface area contributed by atoms with E-state index in [2.05, 4.69) is 0 Å². The molecule has 0 bridgehead atoms. The van der Waals surface area contributed by atoms with E-state index in [1.54, 1.807) is 6.92 Å². The molecule has 0 saturated heterocycles. The van der Waals surface area contributed by atoms with Gasteiger partial charge in [-0.2, -0.15) is 0 Å². The van der Waals surface area contributed by atoms with Crippen LogP contribution in [-0.4, -0.2) is 41.8 Å². The molecule has 0 fully saturated rings. The van der Waals surface area contributed by atoms with Crippen LogP contribution in [0.15, 0.2) is 0 Å². The summed E-state index contributed by atoms with van der Waals surface area (Å²) in [6.07, 6.45) is -0.242. The third kappa shape index (κ3) is 4.96. The second-order valence-electron chi connectivity index (χ2n) is 3.10. The predicted octanol–water partition coefficient (Wildman–Crippen LogP) is -2.48. The van der Waals surface area contributed by atoms with Gasteiger partial charge in [-0.1, -0.05) is 0 Å². The van der Waals surface area contributed by atoms with Crippen LogP contribution in [0.2, 0.25) is 0 Å². The van der Waals surface area contributed by atoms with Gasteiger partial charge < -0.3 is 22.1 Å². The zero-order valence-electron chi connectivity index (χ0n) is 8.60. The van der Waals surface area contributed by atoms with E-state index in [0.29, 0.717) is 6.54 Å². The number of amides is 3. The zero-order chi connectivity index (χ0) is 12.0. The normalized spacial score (nSPS) is 11.9. The Morgan fingerprint density at radius 2 is 1.73 bits per heavy atom. The van der Waals surface area contributed by atoms with Gasteiger partial charge in [-0.15, -0.1) is 0 Å². The van der Waals surface area contributed by atoms with E-state index in [4.69, 9.17) is 17.2 Å². The summed E-state index contributed by atoms with van der Waals surface area (Å²) in [5.41, 5.74) is 15.3. The Morgan fingerprint density at radius 3 is 2.07 bits per heavy atom. The van der Waals surface area contributed by atoms with Crippen molar-refractivity contribution >= 4 is 17.7 Å². The maximum Gasteiger partial charge on any atom is 0.240 e. The summed E-state index contributed by atoms with van der Waals surface area (Å²) >= 11 is 0. The molecule has 15 heavy (non-hydrogen) atoms. The second kappa shape index (κ2) is 5.97. The minimum Gasteiger partial charge on any atom is -0.370 e. The first-order valence-corrected chi connectivity index (χ1v) is 4.49. The van der Waals surface area contributed by atoms with Gasteiger partial charge in [-0.05, 0) is 6.92 Å². The Morgan fingerprint density at radius 1 is 1.20 bits per heavy atom. The molecule has 0 spiro atoms. The quantitative estimate of drug-likeness (QED) is 0.453. The van der Waals surface area contributed by atoms with Crippen molar-refractivity contribution in [2.45, 2.75) is 19.4 Å². The van der Waals surface area contributed by atoms with Crippen molar-refractivity contribution in [1.82, 2.24) is 4.90 Å². The average Bonchev–Trinajstić information content (AvgIpc) is 2.11. The summed E-state index contributed by atoms with van der Waals surface area (Å²) in [6.45, 7) is 1.77. The van der Waals surface area contributed by atoms with E-state index in [0.717, 1.165) is 0 Å². The highest BCUT2D eigenvalue weighted by atomic mass is 16.2. The molecule has 0 saturated carbocycles. The lowest BCUT2D eigenvalue weighted by molar-refractivity contribution is -0.137. The summed E-state index contributed by atoms with van der Waals surface area (Å²) in [5.74, 6) is -1.79. The summed E-state index contributed by atoms with van der Waals surface area (Å²) in [4.78, 5) is 33.8. The van der Waals surface area contributed by atoms with Crippen LogP contribution in [0.1, 0.15) is 13.3 Å². The van der Waals surface area contributed by atoms with Gasteiger partial charge in [0.2, 0.25) is 17.7 Å².